The number of imide groups is 1. The van der Waals surface area contributed by atoms with E-state index < -0.39 is 11.9 Å². The van der Waals surface area contributed by atoms with E-state index in [0.29, 0.717) is 22.5 Å². The SMILES string of the molecule is COc1cccc(-c2nnc(SCC(=O)NC(=O)NCc3ccco3)n2-c2ccc(C)cc2)c1. The van der Waals surface area contributed by atoms with E-state index in [9.17, 15) is 9.59 Å². The van der Waals surface area contributed by atoms with Crippen LogP contribution in [0.4, 0.5) is 4.79 Å². The highest BCUT2D eigenvalue weighted by molar-refractivity contribution is 7.99. The highest BCUT2D eigenvalue weighted by atomic mass is 32.2. The van der Waals surface area contributed by atoms with Crippen LogP contribution in [0, 0.1) is 6.92 Å². The van der Waals surface area contributed by atoms with Crippen LogP contribution in [0.15, 0.2) is 76.5 Å². The molecule has 0 aliphatic rings. The lowest BCUT2D eigenvalue weighted by Gasteiger charge is -2.11. The van der Waals surface area contributed by atoms with Crippen LogP contribution in [0.5, 0.6) is 5.75 Å². The normalized spacial score (nSPS) is 10.6. The number of carbonyl (C=O) groups is 2. The Morgan fingerprint density at radius 3 is 2.65 bits per heavy atom. The molecule has 2 aromatic heterocycles. The van der Waals surface area contributed by atoms with Crippen LogP contribution < -0.4 is 15.4 Å². The minimum atomic E-state index is -0.598. The Kier molecular flexibility index (Phi) is 7.28. The molecule has 4 aromatic rings. The molecule has 0 spiro atoms. The molecule has 0 saturated heterocycles. The molecule has 2 N–H and O–H groups in total. The van der Waals surface area contributed by atoms with Crippen molar-refractivity contribution in [3.8, 4) is 22.8 Å². The summed E-state index contributed by atoms with van der Waals surface area (Å²) in [4.78, 5) is 24.3. The minimum Gasteiger partial charge on any atom is -0.497 e. The summed E-state index contributed by atoms with van der Waals surface area (Å²) < 4.78 is 12.4. The molecular formula is C24H23N5O4S. The van der Waals surface area contributed by atoms with E-state index in [1.54, 1.807) is 19.2 Å². The minimum absolute atomic E-state index is 0.0176. The zero-order valence-corrected chi connectivity index (χ0v) is 19.5. The van der Waals surface area contributed by atoms with Gasteiger partial charge < -0.3 is 14.5 Å². The van der Waals surface area contributed by atoms with Gasteiger partial charge in [0.2, 0.25) is 5.91 Å². The average Bonchev–Trinajstić information content (AvgIpc) is 3.52. The monoisotopic (exact) mass is 477 g/mol. The molecule has 0 aliphatic carbocycles. The van der Waals surface area contributed by atoms with E-state index in [2.05, 4.69) is 20.8 Å². The van der Waals surface area contributed by atoms with Gasteiger partial charge in [0.25, 0.3) is 0 Å². The van der Waals surface area contributed by atoms with Gasteiger partial charge >= 0.3 is 6.03 Å². The smallest absolute Gasteiger partial charge is 0.321 e. The lowest BCUT2D eigenvalue weighted by atomic mass is 10.2. The Balaban J connectivity index is 1.49. The fourth-order valence-electron chi connectivity index (χ4n) is 3.16. The van der Waals surface area contributed by atoms with Gasteiger partial charge in [0.15, 0.2) is 11.0 Å². The molecule has 2 aromatic carbocycles. The highest BCUT2D eigenvalue weighted by Gasteiger charge is 2.18. The standard InChI is InChI=1S/C24H23N5O4S/c1-16-8-10-18(11-9-16)29-22(17-5-3-6-19(13-17)32-2)27-28-24(29)34-15-21(30)26-23(31)25-14-20-7-4-12-33-20/h3-13H,14-15H2,1-2H3,(H2,25,26,30,31). The summed E-state index contributed by atoms with van der Waals surface area (Å²) in [5.74, 6) is 1.43. The number of rotatable bonds is 8. The van der Waals surface area contributed by atoms with Crippen molar-refractivity contribution in [1.82, 2.24) is 25.4 Å². The third kappa shape index (κ3) is 5.65. The largest absolute Gasteiger partial charge is 0.497 e. The molecule has 0 bridgehead atoms. The number of furan rings is 1. The van der Waals surface area contributed by atoms with Gasteiger partial charge in [-0.3, -0.25) is 14.7 Å². The molecule has 174 valence electrons. The number of aryl methyl sites for hydroxylation is 1. The van der Waals surface area contributed by atoms with Gasteiger partial charge in [-0.2, -0.15) is 0 Å². The lowest BCUT2D eigenvalue weighted by molar-refractivity contribution is -0.117. The number of nitrogens with one attached hydrogen (secondary N) is 2. The molecule has 0 saturated carbocycles. The summed E-state index contributed by atoms with van der Waals surface area (Å²) in [6.07, 6.45) is 1.51. The number of thioether (sulfide) groups is 1. The van der Waals surface area contributed by atoms with E-state index in [-0.39, 0.29) is 12.3 Å². The first-order valence-electron chi connectivity index (χ1n) is 10.4. The van der Waals surface area contributed by atoms with Crippen LogP contribution >= 0.6 is 11.8 Å². The number of hydrogen-bond donors (Lipinski definition) is 2. The number of nitrogens with zero attached hydrogens (tertiary/aromatic N) is 3. The van der Waals surface area contributed by atoms with Gasteiger partial charge in [-0.15, -0.1) is 10.2 Å². The van der Waals surface area contributed by atoms with E-state index in [1.807, 2.05) is 60.0 Å². The summed E-state index contributed by atoms with van der Waals surface area (Å²) >= 11 is 1.19. The zero-order chi connectivity index (χ0) is 23.9. The Morgan fingerprint density at radius 2 is 1.91 bits per heavy atom. The average molecular weight is 478 g/mol. The van der Waals surface area contributed by atoms with Crippen molar-refractivity contribution in [2.75, 3.05) is 12.9 Å². The van der Waals surface area contributed by atoms with Crippen LogP contribution in [-0.4, -0.2) is 39.6 Å². The number of aromatic nitrogens is 3. The first kappa shape index (κ1) is 23.1. The Bertz CT molecular complexity index is 1270. The Labute approximate surface area is 200 Å². The number of benzene rings is 2. The molecule has 0 fully saturated rings. The van der Waals surface area contributed by atoms with Crippen molar-refractivity contribution in [1.29, 1.82) is 0 Å². The Hall–Kier alpha value is -4.05. The van der Waals surface area contributed by atoms with Crippen molar-refractivity contribution in [2.45, 2.75) is 18.6 Å². The van der Waals surface area contributed by atoms with E-state index in [1.165, 1.54) is 18.0 Å². The summed E-state index contributed by atoms with van der Waals surface area (Å²) in [6.45, 7) is 2.20. The van der Waals surface area contributed by atoms with Gasteiger partial charge in [0.1, 0.15) is 11.5 Å². The maximum absolute atomic E-state index is 12.4. The van der Waals surface area contributed by atoms with E-state index >= 15 is 0 Å². The second-order valence-corrected chi connectivity index (χ2v) is 8.25. The van der Waals surface area contributed by atoms with Gasteiger partial charge in [-0.25, -0.2) is 4.79 Å². The molecule has 4 rings (SSSR count). The molecule has 10 heteroatoms. The molecule has 0 unspecified atom stereocenters. The summed E-state index contributed by atoms with van der Waals surface area (Å²) in [5, 5.41) is 14.1. The maximum atomic E-state index is 12.4. The second-order valence-electron chi connectivity index (χ2n) is 7.31. The van der Waals surface area contributed by atoms with Crippen LogP contribution in [0.1, 0.15) is 11.3 Å². The predicted octanol–water partition coefficient (Wildman–Crippen LogP) is 3.96. The highest BCUT2D eigenvalue weighted by Crippen LogP contribution is 2.29. The van der Waals surface area contributed by atoms with Crippen LogP contribution in [0.2, 0.25) is 0 Å². The summed E-state index contributed by atoms with van der Waals surface area (Å²) in [6, 6.07) is 18.3. The van der Waals surface area contributed by atoms with E-state index in [4.69, 9.17) is 9.15 Å². The molecular weight excluding hydrogens is 454 g/mol. The van der Waals surface area contributed by atoms with Gasteiger partial charge in [-0.1, -0.05) is 41.6 Å². The molecule has 0 radical (unpaired) electrons. The lowest BCUT2D eigenvalue weighted by Crippen LogP contribution is -2.39. The number of carbonyl (C=O) groups excluding carboxylic acids is 2. The van der Waals surface area contributed by atoms with Crippen molar-refractivity contribution < 1.29 is 18.7 Å². The first-order valence-corrected chi connectivity index (χ1v) is 11.4. The number of hydrogen-bond acceptors (Lipinski definition) is 7. The van der Waals surface area contributed by atoms with Crippen molar-refractivity contribution in [3.63, 3.8) is 0 Å². The second kappa shape index (κ2) is 10.7. The summed E-state index contributed by atoms with van der Waals surface area (Å²) in [5.41, 5.74) is 2.79. The van der Waals surface area contributed by atoms with Crippen LogP contribution in [-0.2, 0) is 11.3 Å². The summed E-state index contributed by atoms with van der Waals surface area (Å²) in [7, 11) is 1.61. The zero-order valence-electron chi connectivity index (χ0n) is 18.6. The fraction of sp³-hybridized carbons (Fsp3) is 0.167. The van der Waals surface area contributed by atoms with Crippen molar-refractivity contribution in [3.05, 3.63) is 78.3 Å². The topological polar surface area (TPSA) is 111 Å². The van der Waals surface area contributed by atoms with E-state index in [0.717, 1.165) is 16.8 Å². The fourth-order valence-corrected chi connectivity index (χ4v) is 3.91. The molecule has 2 heterocycles. The molecule has 34 heavy (non-hydrogen) atoms. The third-order valence-electron chi connectivity index (χ3n) is 4.84. The van der Waals surface area contributed by atoms with Crippen LogP contribution in [0.3, 0.4) is 0 Å². The number of ether oxygens (including phenoxy) is 1. The quantitative estimate of drug-likeness (QED) is 0.370. The van der Waals surface area contributed by atoms with Crippen molar-refractivity contribution in [2.24, 2.45) is 0 Å². The van der Waals surface area contributed by atoms with Gasteiger partial charge in [0.05, 0.1) is 25.7 Å². The molecule has 3 amide bonds. The number of amides is 3. The predicted molar refractivity (Wildman–Crippen MR) is 128 cm³/mol. The van der Waals surface area contributed by atoms with Crippen LogP contribution in [0.25, 0.3) is 17.1 Å². The van der Waals surface area contributed by atoms with Crippen molar-refractivity contribution >= 4 is 23.7 Å². The Morgan fingerprint density at radius 1 is 1.09 bits per heavy atom. The number of methoxy groups -OCH3 is 1. The van der Waals surface area contributed by atoms with Gasteiger partial charge in [0, 0.05) is 11.3 Å². The molecule has 9 nitrogen and oxygen atoms in total. The molecule has 0 aliphatic heterocycles. The van der Waals surface area contributed by atoms with Gasteiger partial charge in [-0.05, 0) is 43.3 Å². The number of urea groups is 1. The first-order chi connectivity index (χ1) is 16.5. The molecule has 0 atom stereocenters. The third-order valence-corrected chi connectivity index (χ3v) is 5.77. The maximum Gasteiger partial charge on any atom is 0.321 e.